The molecule has 2 unspecified atom stereocenters. The summed E-state index contributed by atoms with van der Waals surface area (Å²) in [5.74, 6) is 1.54. The SMILES string of the molecule is CC(N)C(N)c1ccc2c(c1)OCCO2. The van der Waals surface area contributed by atoms with Crippen LogP contribution in [-0.4, -0.2) is 19.3 Å². The van der Waals surface area contributed by atoms with E-state index in [0.29, 0.717) is 13.2 Å². The van der Waals surface area contributed by atoms with E-state index in [0.717, 1.165) is 17.1 Å². The number of benzene rings is 1. The summed E-state index contributed by atoms with van der Waals surface area (Å²) < 4.78 is 10.9. The van der Waals surface area contributed by atoms with Crippen molar-refractivity contribution in [3.8, 4) is 11.5 Å². The van der Waals surface area contributed by atoms with Gasteiger partial charge in [0.1, 0.15) is 13.2 Å². The minimum Gasteiger partial charge on any atom is -0.486 e. The van der Waals surface area contributed by atoms with E-state index in [1.54, 1.807) is 0 Å². The molecule has 0 aromatic heterocycles. The van der Waals surface area contributed by atoms with Gasteiger partial charge in [0.15, 0.2) is 11.5 Å². The molecule has 0 aliphatic carbocycles. The molecule has 0 saturated carbocycles. The highest BCUT2D eigenvalue weighted by atomic mass is 16.6. The molecular weight excluding hydrogens is 192 g/mol. The number of fused-ring (bicyclic) bond motifs is 1. The van der Waals surface area contributed by atoms with Gasteiger partial charge in [0.2, 0.25) is 0 Å². The van der Waals surface area contributed by atoms with E-state index in [2.05, 4.69) is 0 Å². The second-order valence-electron chi connectivity index (χ2n) is 3.79. The van der Waals surface area contributed by atoms with Crippen LogP contribution < -0.4 is 20.9 Å². The zero-order valence-electron chi connectivity index (χ0n) is 8.77. The van der Waals surface area contributed by atoms with Crippen LogP contribution in [0.25, 0.3) is 0 Å². The summed E-state index contributed by atoms with van der Waals surface area (Å²) in [5.41, 5.74) is 12.7. The van der Waals surface area contributed by atoms with Crippen molar-refractivity contribution in [2.45, 2.75) is 19.0 Å². The fourth-order valence-corrected chi connectivity index (χ4v) is 1.57. The van der Waals surface area contributed by atoms with Crippen molar-refractivity contribution in [1.29, 1.82) is 0 Å². The van der Waals surface area contributed by atoms with Gasteiger partial charge >= 0.3 is 0 Å². The number of nitrogens with two attached hydrogens (primary N) is 2. The maximum absolute atomic E-state index is 5.95. The summed E-state index contributed by atoms with van der Waals surface area (Å²) in [7, 11) is 0. The predicted octanol–water partition coefficient (Wildman–Crippen LogP) is 0.805. The maximum atomic E-state index is 5.95. The summed E-state index contributed by atoms with van der Waals surface area (Å²) in [4.78, 5) is 0. The van der Waals surface area contributed by atoms with Crippen molar-refractivity contribution in [1.82, 2.24) is 0 Å². The molecule has 4 N–H and O–H groups in total. The number of hydrogen-bond acceptors (Lipinski definition) is 4. The lowest BCUT2D eigenvalue weighted by Crippen LogP contribution is -2.31. The van der Waals surface area contributed by atoms with E-state index in [4.69, 9.17) is 20.9 Å². The topological polar surface area (TPSA) is 70.5 Å². The van der Waals surface area contributed by atoms with Gasteiger partial charge in [-0.1, -0.05) is 6.07 Å². The maximum Gasteiger partial charge on any atom is 0.161 e. The summed E-state index contributed by atoms with van der Waals surface area (Å²) in [6.45, 7) is 3.08. The molecule has 4 heteroatoms. The first kappa shape index (κ1) is 10.3. The number of hydrogen-bond donors (Lipinski definition) is 2. The van der Waals surface area contributed by atoms with E-state index in [1.165, 1.54) is 0 Å². The van der Waals surface area contributed by atoms with Gasteiger partial charge in [-0.25, -0.2) is 0 Å². The molecule has 82 valence electrons. The average molecular weight is 208 g/mol. The van der Waals surface area contributed by atoms with Gasteiger partial charge in [-0.15, -0.1) is 0 Å². The smallest absolute Gasteiger partial charge is 0.161 e. The highest BCUT2D eigenvalue weighted by molar-refractivity contribution is 5.44. The molecule has 0 spiro atoms. The molecule has 4 nitrogen and oxygen atoms in total. The second kappa shape index (κ2) is 4.08. The van der Waals surface area contributed by atoms with Crippen molar-refractivity contribution in [3.05, 3.63) is 23.8 Å². The fourth-order valence-electron chi connectivity index (χ4n) is 1.57. The second-order valence-corrected chi connectivity index (χ2v) is 3.79. The first-order chi connectivity index (χ1) is 7.18. The molecule has 1 heterocycles. The molecule has 1 aromatic rings. The Hall–Kier alpha value is -1.26. The van der Waals surface area contributed by atoms with Gasteiger partial charge in [0, 0.05) is 12.1 Å². The van der Waals surface area contributed by atoms with Crippen LogP contribution in [0, 0.1) is 0 Å². The van der Waals surface area contributed by atoms with Crippen LogP contribution >= 0.6 is 0 Å². The third-order valence-corrected chi connectivity index (χ3v) is 2.52. The minimum absolute atomic E-state index is 0.0763. The van der Waals surface area contributed by atoms with Gasteiger partial charge in [-0.05, 0) is 24.6 Å². The Balaban J connectivity index is 2.27. The molecule has 1 aliphatic heterocycles. The zero-order valence-corrected chi connectivity index (χ0v) is 8.77. The molecule has 2 rings (SSSR count). The van der Waals surface area contributed by atoms with E-state index in [-0.39, 0.29) is 12.1 Å². The third-order valence-electron chi connectivity index (χ3n) is 2.52. The number of ether oxygens (including phenoxy) is 2. The van der Waals surface area contributed by atoms with E-state index >= 15 is 0 Å². The van der Waals surface area contributed by atoms with E-state index in [9.17, 15) is 0 Å². The van der Waals surface area contributed by atoms with Crippen LogP contribution in [0.2, 0.25) is 0 Å². The highest BCUT2D eigenvalue weighted by Crippen LogP contribution is 2.32. The highest BCUT2D eigenvalue weighted by Gasteiger charge is 2.16. The molecule has 15 heavy (non-hydrogen) atoms. The average Bonchev–Trinajstić information content (AvgIpc) is 2.27. The Bertz CT molecular complexity index is 352. The molecular formula is C11H16N2O2. The third kappa shape index (κ3) is 2.06. The van der Waals surface area contributed by atoms with Crippen LogP contribution in [0.1, 0.15) is 18.5 Å². The van der Waals surface area contributed by atoms with Gasteiger partial charge in [-0.2, -0.15) is 0 Å². The van der Waals surface area contributed by atoms with E-state index < -0.39 is 0 Å². The summed E-state index contributed by atoms with van der Waals surface area (Å²) in [5, 5.41) is 0. The van der Waals surface area contributed by atoms with Crippen molar-refractivity contribution < 1.29 is 9.47 Å². The van der Waals surface area contributed by atoms with Gasteiger partial charge in [0.05, 0.1) is 0 Å². The van der Waals surface area contributed by atoms with Crippen LogP contribution in [-0.2, 0) is 0 Å². The molecule has 1 aromatic carbocycles. The van der Waals surface area contributed by atoms with Crippen LogP contribution in [0.5, 0.6) is 11.5 Å². The molecule has 0 radical (unpaired) electrons. The van der Waals surface area contributed by atoms with Crippen molar-refractivity contribution in [3.63, 3.8) is 0 Å². The van der Waals surface area contributed by atoms with E-state index in [1.807, 2.05) is 25.1 Å². The van der Waals surface area contributed by atoms with Crippen molar-refractivity contribution in [2.24, 2.45) is 11.5 Å². The molecule has 0 amide bonds. The Morgan fingerprint density at radius 2 is 1.80 bits per heavy atom. The van der Waals surface area contributed by atoms with Crippen molar-refractivity contribution in [2.75, 3.05) is 13.2 Å². The molecule has 2 atom stereocenters. The van der Waals surface area contributed by atoms with Crippen molar-refractivity contribution >= 4 is 0 Å². The quantitative estimate of drug-likeness (QED) is 0.754. The summed E-state index contributed by atoms with van der Waals surface area (Å²) in [6, 6.07) is 5.48. The van der Waals surface area contributed by atoms with Gasteiger partial charge in [0.25, 0.3) is 0 Å². The predicted molar refractivity (Wildman–Crippen MR) is 58.0 cm³/mol. The Morgan fingerprint density at radius 1 is 1.13 bits per heavy atom. The first-order valence-electron chi connectivity index (χ1n) is 5.09. The number of rotatable bonds is 2. The molecule has 1 aliphatic rings. The Labute approximate surface area is 89.2 Å². The summed E-state index contributed by atoms with van der Waals surface area (Å²) in [6.07, 6.45) is 0. The Kier molecular flexibility index (Phi) is 2.79. The lowest BCUT2D eigenvalue weighted by Gasteiger charge is -2.21. The normalized spacial score (nSPS) is 18.3. The van der Waals surface area contributed by atoms with Gasteiger partial charge in [-0.3, -0.25) is 0 Å². The Morgan fingerprint density at radius 3 is 2.47 bits per heavy atom. The lowest BCUT2D eigenvalue weighted by molar-refractivity contribution is 0.171. The minimum atomic E-state index is -0.166. The zero-order chi connectivity index (χ0) is 10.8. The molecule has 0 saturated heterocycles. The van der Waals surface area contributed by atoms with Crippen LogP contribution in [0.3, 0.4) is 0 Å². The fraction of sp³-hybridized carbons (Fsp3) is 0.455. The largest absolute Gasteiger partial charge is 0.486 e. The van der Waals surface area contributed by atoms with Gasteiger partial charge < -0.3 is 20.9 Å². The lowest BCUT2D eigenvalue weighted by atomic mass is 10.0. The first-order valence-corrected chi connectivity index (χ1v) is 5.09. The van der Waals surface area contributed by atoms with Crippen LogP contribution in [0.15, 0.2) is 18.2 Å². The molecule has 0 fully saturated rings. The standard InChI is InChI=1S/C11H16N2O2/c1-7(12)11(13)8-2-3-9-10(6-8)15-5-4-14-9/h2-3,6-7,11H,4-5,12-13H2,1H3. The monoisotopic (exact) mass is 208 g/mol. The summed E-state index contributed by atoms with van der Waals surface area (Å²) >= 11 is 0. The molecule has 0 bridgehead atoms. The van der Waals surface area contributed by atoms with Crippen LogP contribution in [0.4, 0.5) is 0 Å².